The Morgan fingerprint density at radius 1 is 1.44 bits per heavy atom. The van der Waals surface area contributed by atoms with Crippen molar-refractivity contribution >= 4 is 11.9 Å². The second-order valence-corrected chi connectivity index (χ2v) is 4.87. The van der Waals surface area contributed by atoms with Crippen LogP contribution in [0.15, 0.2) is 0 Å². The molecular weight excluding hydrogens is 234 g/mol. The fourth-order valence-corrected chi connectivity index (χ4v) is 1.63. The number of carbonyl (C=O) groups is 2. The van der Waals surface area contributed by atoms with Gasteiger partial charge in [-0.15, -0.1) is 0 Å². The molecule has 0 aliphatic heterocycles. The van der Waals surface area contributed by atoms with Crippen LogP contribution in [0.5, 0.6) is 0 Å². The molecule has 0 bridgehead atoms. The van der Waals surface area contributed by atoms with E-state index in [0.29, 0.717) is 18.9 Å². The van der Waals surface area contributed by atoms with Gasteiger partial charge < -0.3 is 15.2 Å². The molecule has 0 spiro atoms. The Morgan fingerprint density at radius 3 is 2.72 bits per heavy atom. The van der Waals surface area contributed by atoms with Gasteiger partial charge in [-0.05, 0) is 25.2 Å². The van der Waals surface area contributed by atoms with Crippen LogP contribution in [0.25, 0.3) is 0 Å². The van der Waals surface area contributed by atoms with E-state index in [9.17, 15) is 9.59 Å². The van der Waals surface area contributed by atoms with E-state index >= 15 is 0 Å². The third kappa shape index (κ3) is 6.59. The van der Waals surface area contributed by atoms with Gasteiger partial charge in [-0.1, -0.05) is 19.8 Å². The predicted molar refractivity (Wildman–Crippen MR) is 67.3 cm³/mol. The third-order valence-corrected chi connectivity index (χ3v) is 3.00. The van der Waals surface area contributed by atoms with Crippen molar-refractivity contribution in [3.8, 4) is 0 Å². The summed E-state index contributed by atoms with van der Waals surface area (Å²) in [7, 11) is 0. The maximum atomic E-state index is 11.5. The molecular formula is C13H23NO4. The molecule has 1 aliphatic carbocycles. The summed E-state index contributed by atoms with van der Waals surface area (Å²) >= 11 is 0. The van der Waals surface area contributed by atoms with E-state index < -0.39 is 12.0 Å². The molecule has 5 heteroatoms. The quantitative estimate of drug-likeness (QED) is 0.582. The summed E-state index contributed by atoms with van der Waals surface area (Å²) in [5.41, 5.74) is 0. The molecule has 5 nitrogen and oxygen atoms in total. The van der Waals surface area contributed by atoms with Crippen molar-refractivity contribution in [2.24, 2.45) is 5.92 Å². The summed E-state index contributed by atoms with van der Waals surface area (Å²) in [5, 5.41) is 11.5. The first-order chi connectivity index (χ1) is 8.63. The molecule has 1 fully saturated rings. The number of hydrogen-bond donors (Lipinski definition) is 2. The number of ether oxygens (including phenoxy) is 1. The van der Waals surface area contributed by atoms with Crippen molar-refractivity contribution in [1.29, 1.82) is 0 Å². The van der Waals surface area contributed by atoms with Crippen LogP contribution < -0.4 is 5.32 Å². The van der Waals surface area contributed by atoms with Gasteiger partial charge in [0.25, 0.3) is 0 Å². The standard InChI is InChI=1S/C13H23NO4/c1-2-3-4-11(13(16)17)14-12(15)7-8-18-9-10-5-6-10/h10-11H,2-9H2,1H3,(H,14,15)(H,16,17). The largest absolute Gasteiger partial charge is 0.480 e. The Balaban J connectivity index is 2.11. The molecule has 1 rings (SSSR count). The lowest BCUT2D eigenvalue weighted by Gasteiger charge is -2.14. The topological polar surface area (TPSA) is 75.6 Å². The van der Waals surface area contributed by atoms with Gasteiger partial charge in [-0.25, -0.2) is 4.79 Å². The van der Waals surface area contributed by atoms with Crippen LogP contribution >= 0.6 is 0 Å². The monoisotopic (exact) mass is 257 g/mol. The van der Waals surface area contributed by atoms with Gasteiger partial charge >= 0.3 is 5.97 Å². The Bertz CT molecular complexity index is 276. The molecule has 1 atom stereocenters. The molecule has 1 saturated carbocycles. The number of amides is 1. The minimum Gasteiger partial charge on any atom is -0.480 e. The highest BCUT2D eigenvalue weighted by Crippen LogP contribution is 2.28. The van der Waals surface area contributed by atoms with Gasteiger partial charge in [0, 0.05) is 13.0 Å². The Hall–Kier alpha value is -1.10. The van der Waals surface area contributed by atoms with Crippen molar-refractivity contribution in [3.05, 3.63) is 0 Å². The Morgan fingerprint density at radius 2 is 2.17 bits per heavy atom. The van der Waals surface area contributed by atoms with Gasteiger partial charge in [0.2, 0.25) is 5.91 Å². The number of carboxylic acids is 1. The number of carbonyl (C=O) groups excluding carboxylic acids is 1. The zero-order valence-corrected chi connectivity index (χ0v) is 11.0. The summed E-state index contributed by atoms with van der Waals surface area (Å²) in [6.07, 6.45) is 4.90. The van der Waals surface area contributed by atoms with Gasteiger partial charge in [-0.3, -0.25) is 4.79 Å². The first kappa shape index (κ1) is 15.0. The predicted octanol–water partition coefficient (Wildman–Crippen LogP) is 1.56. The summed E-state index contributed by atoms with van der Waals surface area (Å²) in [6.45, 7) is 3.10. The number of unbranched alkanes of at least 4 members (excludes halogenated alkanes) is 1. The normalized spacial score (nSPS) is 16.3. The van der Waals surface area contributed by atoms with Gasteiger partial charge in [0.1, 0.15) is 6.04 Å². The van der Waals surface area contributed by atoms with Crippen molar-refractivity contribution in [3.63, 3.8) is 0 Å². The SMILES string of the molecule is CCCCC(NC(=O)CCOCC1CC1)C(=O)O. The van der Waals surface area contributed by atoms with Gasteiger partial charge in [0.05, 0.1) is 6.61 Å². The maximum absolute atomic E-state index is 11.5. The molecule has 2 N–H and O–H groups in total. The molecule has 104 valence electrons. The fraction of sp³-hybridized carbons (Fsp3) is 0.846. The summed E-state index contributed by atoms with van der Waals surface area (Å²) in [6, 6.07) is -0.763. The van der Waals surface area contributed by atoms with Crippen molar-refractivity contribution in [1.82, 2.24) is 5.32 Å². The number of carboxylic acid groups (broad SMARTS) is 1. The van der Waals surface area contributed by atoms with Crippen molar-refractivity contribution in [2.75, 3.05) is 13.2 Å². The van der Waals surface area contributed by atoms with E-state index in [1.54, 1.807) is 0 Å². The van der Waals surface area contributed by atoms with Crippen molar-refractivity contribution in [2.45, 2.75) is 51.5 Å². The molecule has 1 aliphatic rings. The second-order valence-electron chi connectivity index (χ2n) is 4.87. The second kappa shape index (κ2) is 8.08. The lowest BCUT2D eigenvalue weighted by atomic mass is 10.1. The minimum absolute atomic E-state index is 0.239. The molecule has 0 aromatic carbocycles. The van der Waals surface area contributed by atoms with Crippen LogP contribution in [0.4, 0.5) is 0 Å². The first-order valence-corrected chi connectivity index (χ1v) is 6.73. The van der Waals surface area contributed by atoms with Gasteiger partial charge in [0.15, 0.2) is 0 Å². The van der Waals surface area contributed by atoms with Crippen LogP contribution in [0.3, 0.4) is 0 Å². The smallest absolute Gasteiger partial charge is 0.326 e. The summed E-state index contributed by atoms with van der Waals surface area (Å²) in [4.78, 5) is 22.4. The highest BCUT2D eigenvalue weighted by Gasteiger charge is 2.22. The molecule has 0 saturated heterocycles. The highest BCUT2D eigenvalue weighted by atomic mass is 16.5. The van der Waals surface area contributed by atoms with Crippen LogP contribution in [0.1, 0.15) is 45.4 Å². The van der Waals surface area contributed by atoms with Gasteiger partial charge in [-0.2, -0.15) is 0 Å². The van der Waals surface area contributed by atoms with E-state index in [2.05, 4.69) is 5.32 Å². The molecule has 0 aromatic heterocycles. The summed E-state index contributed by atoms with van der Waals surface area (Å²) in [5.74, 6) is -0.519. The number of aliphatic carboxylic acids is 1. The van der Waals surface area contributed by atoms with E-state index in [1.165, 1.54) is 12.8 Å². The number of nitrogens with one attached hydrogen (secondary N) is 1. The van der Waals surface area contributed by atoms with Crippen molar-refractivity contribution < 1.29 is 19.4 Å². The van der Waals surface area contributed by atoms with Crippen LogP contribution in [0.2, 0.25) is 0 Å². The first-order valence-electron chi connectivity index (χ1n) is 6.73. The maximum Gasteiger partial charge on any atom is 0.326 e. The number of hydrogen-bond acceptors (Lipinski definition) is 3. The lowest BCUT2D eigenvalue weighted by molar-refractivity contribution is -0.142. The van der Waals surface area contributed by atoms with Crippen LogP contribution in [-0.4, -0.2) is 36.2 Å². The minimum atomic E-state index is -0.962. The van der Waals surface area contributed by atoms with E-state index in [-0.39, 0.29) is 12.3 Å². The molecule has 1 unspecified atom stereocenters. The molecule has 0 aromatic rings. The Labute approximate surface area is 108 Å². The lowest BCUT2D eigenvalue weighted by Crippen LogP contribution is -2.41. The fourth-order valence-electron chi connectivity index (χ4n) is 1.63. The zero-order chi connectivity index (χ0) is 13.4. The van der Waals surface area contributed by atoms with E-state index in [1.807, 2.05) is 6.92 Å². The molecule has 0 heterocycles. The molecule has 18 heavy (non-hydrogen) atoms. The highest BCUT2D eigenvalue weighted by molar-refractivity contribution is 5.83. The average molecular weight is 257 g/mol. The van der Waals surface area contributed by atoms with E-state index in [4.69, 9.17) is 9.84 Å². The van der Waals surface area contributed by atoms with E-state index in [0.717, 1.165) is 19.4 Å². The van der Waals surface area contributed by atoms with Crippen LogP contribution in [-0.2, 0) is 14.3 Å². The number of rotatable bonds is 10. The summed E-state index contributed by atoms with van der Waals surface area (Å²) < 4.78 is 5.34. The Kier molecular flexibility index (Phi) is 6.72. The molecule has 0 radical (unpaired) electrons. The average Bonchev–Trinajstić information content (AvgIpc) is 3.13. The zero-order valence-electron chi connectivity index (χ0n) is 11.0. The van der Waals surface area contributed by atoms with Crippen LogP contribution in [0, 0.1) is 5.92 Å². The molecule has 1 amide bonds. The third-order valence-electron chi connectivity index (χ3n) is 3.00.